The van der Waals surface area contributed by atoms with Crippen LogP contribution in [0.15, 0.2) is 42.5 Å². The number of halogens is 3. The van der Waals surface area contributed by atoms with Crippen LogP contribution in [0.4, 0.5) is 13.2 Å². The number of amides is 1. The van der Waals surface area contributed by atoms with E-state index in [1.807, 2.05) is 18.2 Å². The molecule has 2 heterocycles. The van der Waals surface area contributed by atoms with E-state index in [1.54, 1.807) is 6.07 Å². The van der Waals surface area contributed by atoms with Crippen LogP contribution < -0.4 is 20.1 Å². The van der Waals surface area contributed by atoms with Crippen LogP contribution >= 0.6 is 0 Å². The molecule has 2 aromatic rings. The fourth-order valence-electron chi connectivity index (χ4n) is 4.74. The maximum absolute atomic E-state index is 13.3. The largest absolute Gasteiger partial charge is 0.454 e. The lowest BCUT2D eigenvalue weighted by Crippen LogP contribution is -2.45. The van der Waals surface area contributed by atoms with Crippen LogP contribution in [-0.4, -0.2) is 49.3 Å². The Bertz CT molecular complexity index is 1030. The Kier molecular flexibility index (Phi) is 7.86. The van der Waals surface area contributed by atoms with Crippen molar-refractivity contribution in [1.82, 2.24) is 15.5 Å². The van der Waals surface area contributed by atoms with Crippen molar-refractivity contribution in [2.75, 3.05) is 26.4 Å². The van der Waals surface area contributed by atoms with Gasteiger partial charge in [0.1, 0.15) is 0 Å². The van der Waals surface area contributed by atoms with Crippen molar-refractivity contribution in [2.45, 2.75) is 51.5 Å². The molecule has 6 nitrogen and oxygen atoms in total. The fraction of sp³-hybridized carbons (Fsp3) is 0.500. The average Bonchev–Trinajstić information content (AvgIpc) is 3.43. The summed E-state index contributed by atoms with van der Waals surface area (Å²) < 4.78 is 50.7. The van der Waals surface area contributed by atoms with Crippen LogP contribution in [0.5, 0.6) is 11.5 Å². The minimum absolute atomic E-state index is 0.0496. The lowest BCUT2D eigenvalue weighted by molar-refractivity contribution is -0.138. The molecule has 0 bridgehead atoms. The van der Waals surface area contributed by atoms with Crippen molar-refractivity contribution < 1.29 is 27.4 Å². The highest BCUT2D eigenvalue weighted by atomic mass is 19.4. The summed E-state index contributed by atoms with van der Waals surface area (Å²) in [5.41, 5.74) is 0.636. The third-order valence-corrected chi connectivity index (χ3v) is 6.36. The zero-order chi connectivity index (χ0) is 25.0. The standard InChI is InChI=1S/C26H32F3N3O3/c1-17(2)14-32-15-20(31-13-19-5-3-4-6-21(19)26(27,28)29)12-22(32)25(33)30-10-9-18-7-8-23-24(11-18)35-16-34-23/h3-8,11,17,20,22,31H,9-10,12-16H2,1-2H3,(H,30,33)/t20-,22+/m1/s1. The number of ether oxygens (including phenoxy) is 2. The summed E-state index contributed by atoms with van der Waals surface area (Å²) in [5, 5.41) is 6.30. The minimum atomic E-state index is -4.39. The molecule has 2 N–H and O–H groups in total. The van der Waals surface area contributed by atoms with Gasteiger partial charge < -0.3 is 20.1 Å². The Morgan fingerprint density at radius 1 is 1.14 bits per heavy atom. The predicted molar refractivity (Wildman–Crippen MR) is 126 cm³/mol. The topological polar surface area (TPSA) is 62.8 Å². The van der Waals surface area contributed by atoms with Gasteiger partial charge in [-0.1, -0.05) is 38.1 Å². The molecule has 0 radical (unpaired) electrons. The van der Waals surface area contributed by atoms with Crippen LogP contribution in [0.3, 0.4) is 0 Å². The Morgan fingerprint density at radius 3 is 2.69 bits per heavy atom. The van der Waals surface area contributed by atoms with E-state index in [0.29, 0.717) is 37.6 Å². The van der Waals surface area contributed by atoms with Crippen LogP contribution in [-0.2, 0) is 23.9 Å². The lowest BCUT2D eigenvalue weighted by atomic mass is 10.1. The van der Waals surface area contributed by atoms with Gasteiger partial charge in [-0.05, 0) is 48.1 Å². The number of carbonyl (C=O) groups is 1. The second-order valence-electron chi connectivity index (χ2n) is 9.56. The Morgan fingerprint density at radius 2 is 1.91 bits per heavy atom. The van der Waals surface area contributed by atoms with Crippen molar-refractivity contribution in [3.63, 3.8) is 0 Å². The third-order valence-electron chi connectivity index (χ3n) is 6.36. The molecule has 1 saturated heterocycles. The van der Waals surface area contributed by atoms with Gasteiger partial charge in [-0.2, -0.15) is 13.2 Å². The summed E-state index contributed by atoms with van der Waals surface area (Å²) in [6.45, 7) is 6.36. The number of alkyl halides is 3. The number of carbonyl (C=O) groups excluding carboxylic acids is 1. The molecular weight excluding hydrogens is 459 g/mol. The van der Waals surface area contributed by atoms with Crippen molar-refractivity contribution >= 4 is 5.91 Å². The fourth-order valence-corrected chi connectivity index (χ4v) is 4.74. The van der Waals surface area contributed by atoms with Crippen molar-refractivity contribution in [3.05, 3.63) is 59.2 Å². The van der Waals surface area contributed by atoms with E-state index in [9.17, 15) is 18.0 Å². The summed E-state index contributed by atoms with van der Waals surface area (Å²) in [6, 6.07) is 11.0. The molecule has 1 amide bonds. The van der Waals surface area contributed by atoms with E-state index in [1.165, 1.54) is 12.1 Å². The molecule has 0 aliphatic carbocycles. The number of nitrogens with one attached hydrogen (secondary N) is 2. The summed E-state index contributed by atoms with van der Waals surface area (Å²) in [7, 11) is 0. The second-order valence-corrected chi connectivity index (χ2v) is 9.56. The number of benzene rings is 2. The summed E-state index contributed by atoms with van der Waals surface area (Å²) in [4.78, 5) is 15.2. The Hall–Kier alpha value is -2.78. The van der Waals surface area contributed by atoms with Gasteiger partial charge in [0.2, 0.25) is 12.7 Å². The van der Waals surface area contributed by atoms with Gasteiger partial charge in [0, 0.05) is 32.2 Å². The number of nitrogens with zero attached hydrogens (tertiary/aromatic N) is 1. The first kappa shape index (κ1) is 25.3. The van der Waals surface area contributed by atoms with E-state index >= 15 is 0 Å². The van der Waals surface area contributed by atoms with E-state index in [4.69, 9.17) is 9.47 Å². The summed E-state index contributed by atoms with van der Waals surface area (Å²) in [5.74, 6) is 1.76. The molecule has 0 saturated carbocycles. The van der Waals surface area contributed by atoms with Crippen molar-refractivity contribution in [1.29, 1.82) is 0 Å². The molecule has 0 unspecified atom stereocenters. The molecular formula is C26H32F3N3O3. The van der Waals surface area contributed by atoms with Crippen LogP contribution in [0.1, 0.15) is 37.0 Å². The monoisotopic (exact) mass is 491 g/mol. The van der Waals surface area contributed by atoms with Crippen molar-refractivity contribution in [2.24, 2.45) is 5.92 Å². The van der Waals surface area contributed by atoms with Gasteiger partial charge in [-0.25, -0.2) is 0 Å². The maximum Gasteiger partial charge on any atom is 0.416 e. The van der Waals surface area contributed by atoms with Gasteiger partial charge in [0.25, 0.3) is 0 Å². The zero-order valence-corrected chi connectivity index (χ0v) is 20.0. The normalized spacial score (nSPS) is 19.9. The Balaban J connectivity index is 1.33. The Labute approximate surface area is 203 Å². The number of likely N-dealkylation sites (tertiary alicyclic amines) is 1. The molecule has 2 aliphatic rings. The van der Waals surface area contributed by atoms with Crippen LogP contribution in [0, 0.1) is 5.92 Å². The highest BCUT2D eigenvalue weighted by Gasteiger charge is 2.37. The zero-order valence-electron chi connectivity index (χ0n) is 20.0. The molecule has 0 aromatic heterocycles. The predicted octanol–water partition coefficient (Wildman–Crippen LogP) is 3.98. The van der Waals surface area contributed by atoms with Gasteiger partial charge in [0.05, 0.1) is 11.6 Å². The molecule has 2 aliphatic heterocycles. The third kappa shape index (κ3) is 6.46. The molecule has 9 heteroatoms. The molecule has 190 valence electrons. The number of rotatable bonds is 9. The second kappa shape index (κ2) is 10.9. The SMILES string of the molecule is CC(C)CN1C[C@H](NCc2ccccc2C(F)(F)F)C[C@H]1C(=O)NCCc1ccc2c(c1)OCO2. The number of hydrogen-bond donors (Lipinski definition) is 2. The van der Waals surface area contributed by atoms with E-state index < -0.39 is 11.7 Å². The number of fused-ring (bicyclic) bond motifs is 1. The maximum atomic E-state index is 13.3. The average molecular weight is 492 g/mol. The van der Waals surface area contributed by atoms with Gasteiger partial charge in [-0.3, -0.25) is 9.69 Å². The van der Waals surface area contributed by atoms with Crippen molar-refractivity contribution in [3.8, 4) is 11.5 Å². The highest BCUT2D eigenvalue weighted by molar-refractivity contribution is 5.82. The first-order chi connectivity index (χ1) is 16.7. The molecule has 2 aromatic carbocycles. The van der Waals surface area contributed by atoms with Crippen LogP contribution in [0.2, 0.25) is 0 Å². The molecule has 2 atom stereocenters. The quantitative estimate of drug-likeness (QED) is 0.556. The first-order valence-electron chi connectivity index (χ1n) is 12.0. The minimum Gasteiger partial charge on any atom is -0.454 e. The lowest BCUT2D eigenvalue weighted by Gasteiger charge is -2.25. The molecule has 1 fully saturated rings. The van der Waals surface area contributed by atoms with Crippen LogP contribution in [0.25, 0.3) is 0 Å². The molecule has 35 heavy (non-hydrogen) atoms. The first-order valence-corrected chi connectivity index (χ1v) is 12.0. The smallest absolute Gasteiger partial charge is 0.416 e. The van der Waals surface area contributed by atoms with E-state index in [-0.39, 0.29) is 36.9 Å². The molecule has 0 spiro atoms. The van der Waals surface area contributed by atoms with Gasteiger partial charge in [0.15, 0.2) is 11.5 Å². The number of hydrogen-bond acceptors (Lipinski definition) is 5. The summed E-state index contributed by atoms with van der Waals surface area (Å²) in [6.07, 6.45) is -3.18. The highest BCUT2D eigenvalue weighted by Crippen LogP contribution is 2.33. The van der Waals surface area contributed by atoms with E-state index in [0.717, 1.165) is 23.9 Å². The van der Waals surface area contributed by atoms with E-state index in [2.05, 4.69) is 29.4 Å². The van der Waals surface area contributed by atoms with Gasteiger partial charge >= 0.3 is 6.18 Å². The summed E-state index contributed by atoms with van der Waals surface area (Å²) >= 11 is 0. The van der Waals surface area contributed by atoms with Gasteiger partial charge in [-0.15, -0.1) is 0 Å². The molecule has 4 rings (SSSR count).